The Morgan fingerprint density at radius 3 is 2.76 bits per heavy atom. The monoisotopic (exact) mass is 335 g/mol. The third-order valence-corrected chi connectivity index (χ3v) is 3.84. The fourth-order valence-corrected chi connectivity index (χ4v) is 2.60. The highest BCUT2D eigenvalue weighted by molar-refractivity contribution is 5.92. The Morgan fingerprint density at radius 2 is 2.04 bits per heavy atom. The van der Waals surface area contributed by atoms with Crippen LogP contribution in [0.1, 0.15) is 16.7 Å². The molecule has 5 heteroatoms. The first kappa shape index (κ1) is 16.9. The van der Waals surface area contributed by atoms with Crippen LogP contribution in [0.25, 0.3) is 5.69 Å². The van der Waals surface area contributed by atoms with Crippen molar-refractivity contribution in [3.8, 4) is 5.69 Å². The average molecular weight is 335 g/mol. The number of amides is 1. The number of benzene rings is 2. The molecule has 0 fully saturated rings. The Kier molecular flexibility index (Phi) is 5.26. The van der Waals surface area contributed by atoms with Gasteiger partial charge in [0.2, 0.25) is 5.91 Å². The van der Waals surface area contributed by atoms with E-state index in [0.717, 1.165) is 22.5 Å². The van der Waals surface area contributed by atoms with Crippen LogP contribution in [0.15, 0.2) is 60.9 Å². The summed E-state index contributed by atoms with van der Waals surface area (Å²) in [5, 5.41) is 7.09. The van der Waals surface area contributed by atoms with Crippen molar-refractivity contribution in [2.24, 2.45) is 0 Å². The number of rotatable bonds is 6. The van der Waals surface area contributed by atoms with Crippen LogP contribution in [0, 0.1) is 13.8 Å². The number of nitrogens with zero attached hydrogens (tertiary/aromatic N) is 2. The van der Waals surface area contributed by atoms with Gasteiger partial charge in [0.05, 0.1) is 12.3 Å². The van der Waals surface area contributed by atoms with Crippen molar-refractivity contribution in [1.82, 2.24) is 9.78 Å². The lowest BCUT2D eigenvalue weighted by Gasteiger charge is -2.11. The zero-order valence-electron chi connectivity index (χ0n) is 14.4. The first-order valence-electron chi connectivity index (χ1n) is 8.15. The molecular formula is C20H21N3O2. The van der Waals surface area contributed by atoms with Crippen molar-refractivity contribution in [2.75, 3.05) is 11.9 Å². The topological polar surface area (TPSA) is 56.1 Å². The number of anilines is 1. The number of ether oxygens (including phenoxy) is 1. The van der Waals surface area contributed by atoms with E-state index in [9.17, 15) is 4.79 Å². The lowest BCUT2D eigenvalue weighted by atomic mass is 10.1. The van der Waals surface area contributed by atoms with E-state index < -0.39 is 0 Å². The first-order valence-corrected chi connectivity index (χ1v) is 8.15. The molecule has 0 aliphatic rings. The summed E-state index contributed by atoms with van der Waals surface area (Å²) in [7, 11) is 0. The SMILES string of the molecule is Cc1cccc(COCC(=O)Nc2ccc(-n3cccn3)cc2C)c1. The highest BCUT2D eigenvalue weighted by atomic mass is 16.5. The molecule has 0 spiro atoms. The molecule has 0 radical (unpaired) electrons. The summed E-state index contributed by atoms with van der Waals surface area (Å²) in [6.07, 6.45) is 3.61. The third-order valence-electron chi connectivity index (χ3n) is 3.84. The van der Waals surface area contributed by atoms with Gasteiger partial charge in [0.25, 0.3) is 0 Å². The predicted octanol–water partition coefficient (Wildman–Crippen LogP) is 3.64. The van der Waals surface area contributed by atoms with Crippen molar-refractivity contribution in [3.05, 3.63) is 77.6 Å². The van der Waals surface area contributed by atoms with Gasteiger partial charge in [-0.3, -0.25) is 4.79 Å². The van der Waals surface area contributed by atoms with Crippen LogP contribution in [0.4, 0.5) is 5.69 Å². The van der Waals surface area contributed by atoms with Crippen LogP contribution in [0.5, 0.6) is 0 Å². The van der Waals surface area contributed by atoms with Gasteiger partial charge in [0.15, 0.2) is 0 Å². The quantitative estimate of drug-likeness (QED) is 0.748. The van der Waals surface area contributed by atoms with Gasteiger partial charge >= 0.3 is 0 Å². The van der Waals surface area contributed by atoms with Crippen molar-refractivity contribution in [1.29, 1.82) is 0 Å². The van der Waals surface area contributed by atoms with E-state index in [1.165, 1.54) is 5.56 Å². The summed E-state index contributed by atoms with van der Waals surface area (Å²) in [5.74, 6) is -0.164. The summed E-state index contributed by atoms with van der Waals surface area (Å²) in [6.45, 7) is 4.43. The fourth-order valence-electron chi connectivity index (χ4n) is 2.60. The molecule has 1 heterocycles. The highest BCUT2D eigenvalue weighted by Crippen LogP contribution is 2.18. The van der Waals surface area contributed by atoms with Crippen LogP contribution in [-0.2, 0) is 16.1 Å². The summed E-state index contributed by atoms with van der Waals surface area (Å²) >= 11 is 0. The largest absolute Gasteiger partial charge is 0.367 e. The van der Waals surface area contributed by atoms with Gasteiger partial charge in [0.1, 0.15) is 6.61 Å². The molecule has 1 N–H and O–H groups in total. The smallest absolute Gasteiger partial charge is 0.250 e. The van der Waals surface area contributed by atoms with Crippen LogP contribution in [0.3, 0.4) is 0 Å². The van der Waals surface area contributed by atoms with Crippen LogP contribution >= 0.6 is 0 Å². The van der Waals surface area contributed by atoms with Gasteiger partial charge in [-0.2, -0.15) is 5.10 Å². The van der Waals surface area contributed by atoms with Crippen molar-refractivity contribution < 1.29 is 9.53 Å². The molecule has 3 rings (SSSR count). The summed E-state index contributed by atoms with van der Waals surface area (Å²) in [4.78, 5) is 12.1. The number of carbonyl (C=O) groups excluding carboxylic acids is 1. The Balaban J connectivity index is 1.54. The molecule has 128 valence electrons. The number of hydrogen-bond donors (Lipinski definition) is 1. The minimum absolute atomic E-state index is 0.0221. The molecule has 1 amide bonds. The predicted molar refractivity (Wildman–Crippen MR) is 97.8 cm³/mol. The van der Waals surface area contributed by atoms with Crippen molar-refractivity contribution in [2.45, 2.75) is 20.5 Å². The molecule has 0 unspecified atom stereocenters. The van der Waals surface area contributed by atoms with E-state index in [-0.39, 0.29) is 12.5 Å². The summed E-state index contributed by atoms with van der Waals surface area (Å²) in [5.41, 5.74) is 4.95. The minimum atomic E-state index is -0.164. The normalized spacial score (nSPS) is 10.6. The number of aromatic nitrogens is 2. The van der Waals surface area contributed by atoms with E-state index >= 15 is 0 Å². The van der Waals surface area contributed by atoms with Gasteiger partial charge in [-0.15, -0.1) is 0 Å². The summed E-state index contributed by atoms with van der Waals surface area (Å²) < 4.78 is 7.29. The molecule has 0 bridgehead atoms. The maximum atomic E-state index is 12.1. The molecule has 3 aromatic rings. The second-order valence-corrected chi connectivity index (χ2v) is 5.98. The van der Waals surface area contributed by atoms with E-state index in [2.05, 4.69) is 16.5 Å². The second kappa shape index (κ2) is 7.77. The van der Waals surface area contributed by atoms with Gasteiger partial charge in [0, 0.05) is 18.1 Å². The molecule has 0 saturated carbocycles. The number of carbonyl (C=O) groups is 1. The van der Waals surface area contributed by atoms with Crippen LogP contribution in [-0.4, -0.2) is 22.3 Å². The molecule has 0 atom stereocenters. The fraction of sp³-hybridized carbons (Fsp3) is 0.200. The van der Waals surface area contributed by atoms with Crippen LogP contribution < -0.4 is 5.32 Å². The standard InChI is InChI=1S/C20H21N3O2/c1-15-5-3-6-17(11-15)13-25-14-20(24)22-19-8-7-18(12-16(19)2)23-10-4-9-21-23/h3-12H,13-14H2,1-2H3,(H,22,24). The van der Waals surface area contributed by atoms with E-state index in [1.54, 1.807) is 10.9 Å². The van der Waals surface area contributed by atoms with Crippen molar-refractivity contribution in [3.63, 3.8) is 0 Å². The van der Waals surface area contributed by atoms with Gasteiger partial charge < -0.3 is 10.1 Å². The van der Waals surface area contributed by atoms with E-state index in [4.69, 9.17) is 4.74 Å². The maximum absolute atomic E-state index is 12.1. The Bertz CT molecular complexity index is 857. The number of nitrogens with one attached hydrogen (secondary N) is 1. The minimum Gasteiger partial charge on any atom is -0.367 e. The number of hydrogen-bond acceptors (Lipinski definition) is 3. The molecule has 0 aliphatic carbocycles. The zero-order chi connectivity index (χ0) is 17.6. The number of aryl methyl sites for hydroxylation is 2. The van der Waals surface area contributed by atoms with Gasteiger partial charge in [-0.1, -0.05) is 29.8 Å². The van der Waals surface area contributed by atoms with E-state index in [0.29, 0.717) is 6.61 Å². The van der Waals surface area contributed by atoms with Gasteiger partial charge in [-0.05, 0) is 49.2 Å². The zero-order valence-corrected chi connectivity index (χ0v) is 14.4. The average Bonchev–Trinajstić information content (AvgIpc) is 3.11. The first-order chi connectivity index (χ1) is 12.1. The summed E-state index contributed by atoms with van der Waals surface area (Å²) in [6, 6.07) is 15.7. The molecular weight excluding hydrogens is 314 g/mol. The van der Waals surface area contributed by atoms with Crippen molar-refractivity contribution >= 4 is 11.6 Å². The molecule has 25 heavy (non-hydrogen) atoms. The maximum Gasteiger partial charge on any atom is 0.250 e. The lowest BCUT2D eigenvalue weighted by molar-refractivity contribution is -0.121. The molecule has 0 saturated heterocycles. The van der Waals surface area contributed by atoms with Gasteiger partial charge in [-0.25, -0.2) is 4.68 Å². The Morgan fingerprint density at radius 1 is 1.16 bits per heavy atom. The van der Waals surface area contributed by atoms with Crippen LogP contribution in [0.2, 0.25) is 0 Å². The Hall–Kier alpha value is -2.92. The molecule has 1 aromatic heterocycles. The molecule has 5 nitrogen and oxygen atoms in total. The molecule has 0 aliphatic heterocycles. The third kappa shape index (κ3) is 4.55. The Labute approximate surface area is 147 Å². The van der Waals surface area contributed by atoms with E-state index in [1.807, 2.05) is 62.5 Å². The molecule has 2 aromatic carbocycles. The highest BCUT2D eigenvalue weighted by Gasteiger charge is 2.07. The second-order valence-electron chi connectivity index (χ2n) is 5.98. The lowest BCUT2D eigenvalue weighted by Crippen LogP contribution is -2.18.